The number of phenols is 1. The molecule has 0 unspecified atom stereocenters. The zero-order valence-corrected chi connectivity index (χ0v) is 11.8. The van der Waals surface area contributed by atoms with Gasteiger partial charge in [0, 0.05) is 13.1 Å². The maximum atomic E-state index is 12.3. The fraction of sp³-hybridized carbons (Fsp3) is 0.438. The van der Waals surface area contributed by atoms with Gasteiger partial charge in [0.15, 0.2) is 0 Å². The van der Waals surface area contributed by atoms with Gasteiger partial charge in [0.1, 0.15) is 25.2 Å². The van der Waals surface area contributed by atoms with Crippen LogP contribution in [-0.2, 0) is 14.3 Å². The van der Waals surface area contributed by atoms with Crippen molar-refractivity contribution in [1.29, 1.82) is 0 Å². The van der Waals surface area contributed by atoms with E-state index < -0.39 is 0 Å². The Balaban J connectivity index is 1.58. The van der Waals surface area contributed by atoms with Crippen molar-refractivity contribution in [1.82, 2.24) is 4.90 Å². The first-order valence-electron chi connectivity index (χ1n) is 7.27. The van der Waals surface area contributed by atoms with Gasteiger partial charge in [0.25, 0.3) is 5.91 Å². The third-order valence-electron chi connectivity index (χ3n) is 4.01. The lowest BCUT2D eigenvalue weighted by Gasteiger charge is -2.33. The SMILES string of the molecule is O=C(C1=COCCO1)N1CCC(c2ccc(O)cc2)CC1. The highest BCUT2D eigenvalue weighted by atomic mass is 16.6. The smallest absolute Gasteiger partial charge is 0.292 e. The molecule has 1 aromatic carbocycles. The van der Waals surface area contributed by atoms with E-state index >= 15 is 0 Å². The standard InChI is InChI=1S/C16H19NO4/c18-14-3-1-12(2-4-14)13-5-7-17(8-6-13)16(19)15-11-20-9-10-21-15/h1-4,11,13,18H,5-10H2. The minimum atomic E-state index is -0.0844. The molecule has 0 aromatic heterocycles. The topological polar surface area (TPSA) is 59.0 Å². The molecule has 5 nitrogen and oxygen atoms in total. The van der Waals surface area contributed by atoms with Gasteiger partial charge in [-0.05, 0) is 36.5 Å². The number of carbonyl (C=O) groups excluding carboxylic acids is 1. The molecule has 3 rings (SSSR count). The Morgan fingerprint density at radius 1 is 1.14 bits per heavy atom. The number of likely N-dealkylation sites (tertiary alicyclic amines) is 1. The van der Waals surface area contributed by atoms with E-state index in [9.17, 15) is 9.90 Å². The first kappa shape index (κ1) is 13.8. The van der Waals surface area contributed by atoms with Gasteiger partial charge in [0.05, 0.1) is 0 Å². The number of ether oxygens (including phenoxy) is 2. The maximum Gasteiger partial charge on any atom is 0.292 e. The lowest BCUT2D eigenvalue weighted by Crippen LogP contribution is -2.39. The third kappa shape index (κ3) is 3.12. The monoisotopic (exact) mass is 289 g/mol. The number of phenolic OH excluding ortho intramolecular Hbond substituents is 1. The Hall–Kier alpha value is -2.17. The summed E-state index contributed by atoms with van der Waals surface area (Å²) in [5.41, 5.74) is 1.22. The van der Waals surface area contributed by atoms with Crippen molar-refractivity contribution in [2.45, 2.75) is 18.8 Å². The Labute approximate surface area is 123 Å². The summed E-state index contributed by atoms with van der Waals surface area (Å²) in [6.07, 6.45) is 3.26. The molecule has 112 valence electrons. The minimum absolute atomic E-state index is 0.0844. The van der Waals surface area contributed by atoms with Crippen molar-refractivity contribution in [2.75, 3.05) is 26.3 Å². The summed E-state index contributed by atoms with van der Waals surface area (Å²) in [6.45, 7) is 2.36. The van der Waals surface area contributed by atoms with Crippen molar-refractivity contribution in [3.63, 3.8) is 0 Å². The first-order valence-corrected chi connectivity index (χ1v) is 7.27. The van der Waals surface area contributed by atoms with Crippen LogP contribution in [0.5, 0.6) is 5.75 Å². The number of amides is 1. The van der Waals surface area contributed by atoms with Crippen LogP contribution in [0.15, 0.2) is 36.3 Å². The summed E-state index contributed by atoms with van der Waals surface area (Å²) in [6, 6.07) is 7.34. The minimum Gasteiger partial charge on any atom is -0.508 e. The lowest BCUT2D eigenvalue weighted by molar-refractivity contribution is -0.133. The van der Waals surface area contributed by atoms with Gasteiger partial charge in [0.2, 0.25) is 5.76 Å². The number of aromatic hydroxyl groups is 1. The number of piperidine rings is 1. The molecule has 1 amide bonds. The van der Waals surface area contributed by atoms with Crippen molar-refractivity contribution in [3.8, 4) is 5.75 Å². The summed E-state index contributed by atoms with van der Waals surface area (Å²) in [5.74, 6) is 0.947. The highest BCUT2D eigenvalue weighted by Gasteiger charge is 2.27. The second kappa shape index (κ2) is 6.08. The van der Waals surface area contributed by atoms with Crippen LogP contribution >= 0.6 is 0 Å². The summed E-state index contributed by atoms with van der Waals surface area (Å²) in [5, 5.41) is 9.33. The number of rotatable bonds is 2. The van der Waals surface area contributed by atoms with Crippen LogP contribution in [0.1, 0.15) is 24.3 Å². The molecule has 2 aliphatic rings. The third-order valence-corrected chi connectivity index (χ3v) is 4.01. The average Bonchev–Trinajstić information content (AvgIpc) is 2.56. The van der Waals surface area contributed by atoms with Gasteiger partial charge < -0.3 is 19.5 Å². The molecular formula is C16H19NO4. The van der Waals surface area contributed by atoms with E-state index in [0.717, 1.165) is 12.8 Å². The van der Waals surface area contributed by atoms with E-state index in [1.54, 1.807) is 12.1 Å². The fourth-order valence-electron chi connectivity index (χ4n) is 2.80. The second-order valence-electron chi connectivity index (χ2n) is 5.36. The molecule has 1 fully saturated rings. The van der Waals surface area contributed by atoms with Gasteiger partial charge in [-0.1, -0.05) is 12.1 Å². The number of hydrogen-bond donors (Lipinski definition) is 1. The first-order chi connectivity index (χ1) is 10.2. The quantitative estimate of drug-likeness (QED) is 0.904. The van der Waals surface area contributed by atoms with Crippen molar-refractivity contribution < 1.29 is 19.4 Å². The van der Waals surface area contributed by atoms with Crippen molar-refractivity contribution in [2.24, 2.45) is 0 Å². The van der Waals surface area contributed by atoms with E-state index in [-0.39, 0.29) is 11.7 Å². The summed E-state index contributed by atoms with van der Waals surface area (Å²) in [4.78, 5) is 14.1. The van der Waals surface area contributed by atoms with E-state index in [0.29, 0.717) is 38.0 Å². The van der Waals surface area contributed by atoms with Gasteiger partial charge in [-0.25, -0.2) is 0 Å². The van der Waals surface area contributed by atoms with Gasteiger partial charge in [-0.15, -0.1) is 0 Å². The van der Waals surface area contributed by atoms with E-state index in [2.05, 4.69) is 0 Å². The maximum absolute atomic E-state index is 12.3. The molecule has 1 aromatic rings. The van der Waals surface area contributed by atoms with Crippen molar-refractivity contribution >= 4 is 5.91 Å². The Kier molecular flexibility index (Phi) is 3.99. The zero-order valence-electron chi connectivity index (χ0n) is 11.8. The molecule has 2 heterocycles. The number of carbonyl (C=O) groups is 1. The van der Waals surface area contributed by atoms with E-state index in [4.69, 9.17) is 9.47 Å². The molecule has 0 bridgehead atoms. The van der Waals surface area contributed by atoms with Crippen LogP contribution < -0.4 is 0 Å². The molecule has 2 aliphatic heterocycles. The summed E-state index contributed by atoms with van der Waals surface area (Å²) < 4.78 is 10.5. The van der Waals surface area contributed by atoms with Crippen LogP contribution in [0.4, 0.5) is 0 Å². The molecular weight excluding hydrogens is 270 g/mol. The van der Waals surface area contributed by atoms with Crippen LogP contribution in [-0.4, -0.2) is 42.2 Å². The second-order valence-corrected chi connectivity index (χ2v) is 5.36. The molecule has 21 heavy (non-hydrogen) atoms. The largest absolute Gasteiger partial charge is 0.508 e. The molecule has 0 atom stereocenters. The average molecular weight is 289 g/mol. The highest BCUT2D eigenvalue weighted by molar-refractivity contribution is 5.91. The van der Waals surface area contributed by atoms with Crippen molar-refractivity contribution in [3.05, 3.63) is 41.9 Å². The molecule has 0 aliphatic carbocycles. The fourth-order valence-corrected chi connectivity index (χ4v) is 2.80. The van der Waals surface area contributed by atoms with E-state index in [1.807, 2.05) is 17.0 Å². The number of benzene rings is 1. The Morgan fingerprint density at radius 3 is 2.48 bits per heavy atom. The molecule has 0 spiro atoms. The molecule has 1 N–H and O–H groups in total. The van der Waals surface area contributed by atoms with Crippen LogP contribution in [0.3, 0.4) is 0 Å². The van der Waals surface area contributed by atoms with Gasteiger partial charge in [-0.2, -0.15) is 0 Å². The predicted molar refractivity (Wildman–Crippen MR) is 76.6 cm³/mol. The van der Waals surface area contributed by atoms with Crippen LogP contribution in [0.25, 0.3) is 0 Å². The molecule has 5 heteroatoms. The van der Waals surface area contributed by atoms with Crippen LogP contribution in [0, 0.1) is 0 Å². The lowest BCUT2D eigenvalue weighted by atomic mass is 9.89. The molecule has 0 radical (unpaired) electrons. The van der Waals surface area contributed by atoms with Gasteiger partial charge in [-0.3, -0.25) is 4.79 Å². The molecule has 1 saturated heterocycles. The van der Waals surface area contributed by atoms with E-state index in [1.165, 1.54) is 11.8 Å². The van der Waals surface area contributed by atoms with Gasteiger partial charge >= 0.3 is 0 Å². The normalized spacial score (nSPS) is 19.4. The zero-order chi connectivity index (χ0) is 14.7. The Morgan fingerprint density at radius 2 is 1.86 bits per heavy atom. The predicted octanol–water partition coefficient (Wildman–Crippen LogP) is 1.99. The molecule has 0 saturated carbocycles. The highest BCUT2D eigenvalue weighted by Crippen LogP contribution is 2.29. The number of nitrogens with zero attached hydrogens (tertiary/aromatic N) is 1. The van der Waals surface area contributed by atoms with Crippen LogP contribution in [0.2, 0.25) is 0 Å². The Bertz CT molecular complexity index is 530. The summed E-state index contributed by atoms with van der Waals surface area (Å²) in [7, 11) is 0. The number of hydrogen-bond acceptors (Lipinski definition) is 4. The summed E-state index contributed by atoms with van der Waals surface area (Å²) >= 11 is 0.